The molecule has 1 saturated heterocycles. The fraction of sp³-hybridized carbons (Fsp3) is 0.545. The number of alkyl halides is 2. The molecule has 1 aliphatic heterocycles. The summed E-state index contributed by atoms with van der Waals surface area (Å²) in [7, 11) is 0. The fourth-order valence-corrected chi connectivity index (χ4v) is 1.93. The van der Waals surface area contributed by atoms with Gasteiger partial charge in [-0.05, 0) is 18.6 Å². The summed E-state index contributed by atoms with van der Waals surface area (Å²) >= 11 is 0. The van der Waals surface area contributed by atoms with Gasteiger partial charge < -0.3 is 10.2 Å². The van der Waals surface area contributed by atoms with Crippen LogP contribution in [0.5, 0.6) is 0 Å². The predicted octanol–water partition coefficient (Wildman–Crippen LogP) is 1.51. The van der Waals surface area contributed by atoms with Crippen molar-refractivity contribution < 1.29 is 8.78 Å². The molecule has 0 saturated carbocycles. The lowest BCUT2D eigenvalue weighted by molar-refractivity contribution is 0.142. The summed E-state index contributed by atoms with van der Waals surface area (Å²) in [5, 5.41) is 2.86. The van der Waals surface area contributed by atoms with E-state index in [1.54, 1.807) is 6.20 Å². The molecule has 1 aliphatic rings. The normalized spacial score (nSPS) is 20.7. The van der Waals surface area contributed by atoms with Crippen molar-refractivity contribution in [2.24, 2.45) is 0 Å². The van der Waals surface area contributed by atoms with Gasteiger partial charge >= 0.3 is 0 Å². The number of hydrogen-bond donors (Lipinski definition) is 1. The van der Waals surface area contributed by atoms with E-state index in [0.29, 0.717) is 0 Å². The zero-order chi connectivity index (χ0) is 11.4. The van der Waals surface area contributed by atoms with E-state index in [2.05, 4.69) is 15.2 Å². The SMILES string of the molecule is FC(F)CN[C@H]1CCN(c2ccccn2)C1. The van der Waals surface area contributed by atoms with E-state index in [0.717, 1.165) is 25.3 Å². The molecule has 0 spiro atoms. The van der Waals surface area contributed by atoms with Crippen LogP contribution in [0.15, 0.2) is 24.4 Å². The number of nitrogens with one attached hydrogen (secondary N) is 1. The molecule has 0 bridgehead atoms. The van der Waals surface area contributed by atoms with Crippen LogP contribution in [0.25, 0.3) is 0 Å². The molecular formula is C11H15F2N3. The summed E-state index contributed by atoms with van der Waals surface area (Å²) in [5.74, 6) is 0.920. The fourth-order valence-electron chi connectivity index (χ4n) is 1.93. The van der Waals surface area contributed by atoms with E-state index in [1.807, 2.05) is 18.2 Å². The van der Waals surface area contributed by atoms with Crippen molar-refractivity contribution >= 4 is 5.82 Å². The summed E-state index contributed by atoms with van der Waals surface area (Å²) in [6, 6.07) is 5.89. The van der Waals surface area contributed by atoms with Crippen molar-refractivity contribution in [2.75, 3.05) is 24.5 Å². The first-order valence-electron chi connectivity index (χ1n) is 5.43. The van der Waals surface area contributed by atoms with Gasteiger partial charge in [-0.3, -0.25) is 0 Å². The molecule has 0 radical (unpaired) electrons. The minimum absolute atomic E-state index is 0.149. The molecule has 88 valence electrons. The van der Waals surface area contributed by atoms with Crippen LogP contribution in [0.2, 0.25) is 0 Å². The summed E-state index contributed by atoms with van der Waals surface area (Å²) in [6.45, 7) is 1.41. The van der Waals surface area contributed by atoms with Gasteiger partial charge in [-0.15, -0.1) is 0 Å². The third-order valence-electron chi connectivity index (χ3n) is 2.72. The second-order valence-electron chi connectivity index (χ2n) is 3.92. The highest BCUT2D eigenvalue weighted by Crippen LogP contribution is 2.17. The standard InChI is InChI=1S/C11H15F2N3/c12-10(13)7-15-9-4-6-16(8-9)11-3-1-2-5-14-11/h1-3,5,9-10,15H,4,6-8H2/t9-/m0/s1. The van der Waals surface area contributed by atoms with Crippen LogP contribution in [-0.2, 0) is 0 Å². The van der Waals surface area contributed by atoms with Crippen LogP contribution < -0.4 is 10.2 Å². The van der Waals surface area contributed by atoms with Crippen molar-refractivity contribution in [3.63, 3.8) is 0 Å². The Labute approximate surface area is 93.5 Å². The van der Waals surface area contributed by atoms with E-state index in [9.17, 15) is 8.78 Å². The number of nitrogens with zero attached hydrogens (tertiary/aromatic N) is 2. The van der Waals surface area contributed by atoms with Crippen LogP contribution in [0.3, 0.4) is 0 Å². The monoisotopic (exact) mass is 227 g/mol. The number of halogens is 2. The molecule has 2 rings (SSSR count). The highest BCUT2D eigenvalue weighted by atomic mass is 19.3. The first kappa shape index (κ1) is 11.3. The van der Waals surface area contributed by atoms with Crippen molar-refractivity contribution in [3.8, 4) is 0 Å². The molecule has 1 atom stereocenters. The van der Waals surface area contributed by atoms with Gasteiger partial charge in [0.05, 0.1) is 6.54 Å². The average molecular weight is 227 g/mol. The molecule has 1 N–H and O–H groups in total. The van der Waals surface area contributed by atoms with Crippen LogP contribution in [0.4, 0.5) is 14.6 Å². The molecule has 16 heavy (non-hydrogen) atoms. The minimum Gasteiger partial charge on any atom is -0.355 e. The Balaban J connectivity index is 1.84. The van der Waals surface area contributed by atoms with E-state index in [1.165, 1.54) is 0 Å². The Hall–Kier alpha value is -1.23. The maximum Gasteiger partial charge on any atom is 0.250 e. The molecular weight excluding hydrogens is 212 g/mol. The Bertz CT molecular complexity index is 318. The van der Waals surface area contributed by atoms with Gasteiger partial charge in [-0.1, -0.05) is 6.07 Å². The van der Waals surface area contributed by atoms with E-state index in [4.69, 9.17) is 0 Å². The zero-order valence-electron chi connectivity index (χ0n) is 8.94. The summed E-state index contributed by atoms with van der Waals surface area (Å²) in [4.78, 5) is 6.35. The highest BCUT2D eigenvalue weighted by molar-refractivity contribution is 5.39. The second-order valence-corrected chi connectivity index (χ2v) is 3.92. The third-order valence-corrected chi connectivity index (χ3v) is 2.72. The zero-order valence-corrected chi connectivity index (χ0v) is 8.94. The molecule has 5 heteroatoms. The van der Waals surface area contributed by atoms with Crippen LogP contribution >= 0.6 is 0 Å². The largest absolute Gasteiger partial charge is 0.355 e. The second kappa shape index (κ2) is 5.21. The Morgan fingerprint density at radius 2 is 2.38 bits per heavy atom. The van der Waals surface area contributed by atoms with Crippen molar-refractivity contribution in [3.05, 3.63) is 24.4 Å². The molecule has 1 aromatic heterocycles. The smallest absolute Gasteiger partial charge is 0.250 e. The summed E-state index contributed by atoms with van der Waals surface area (Å²) in [5.41, 5.74) is 0. The molecule has 1 aromatic rings. The first-order chi connectivity index (χ1) is 7.75. The number of rotatable bonds is 4. The van der Waals surface area contributed by atoms with Crippen LogP contribution in [0.1, 0.15) is 6.42 Å². The number of pyridine rings is 1. The number of anilines is 1. The molecule has 3 nitrogen and oxygen atoms in total. The van der Waals surface area contributed by atoms with Gasteiger partial charge in [0, 0.05) is 25.3 Å². The Morgan fingerprint density at radius 3 is 3.06 bits per heavy atom. The molecule has 2 heterocycles. The van der Waals surface area contributed by atoms with Gasteiger partial charge in [0.1, 0.15) is 5.82 Å². The minimum atomic E-state index is -2.27. The molecule has 0 unspecified atom stereocenters. The lowest BCUT2D eigenvalue weighted by Gasteiger charge is -2.17. The van der Waals surface area contributed by atoms with E-state index < -0.39 is 6.43 Å². The van der Waals surface area contributed by atoms with Crippen molar-refractivity contribution in [1.29, 1.82) is 0 Å². The molecule has 1 fully saturated rings. The predicted molar refractivity (Wildman–Crippen MR) is 58.9 cm³/mol. The Morgan fingerprint density at radius 1 is 1.50 bits per heavy atom. The van der Waals surface area contributed by atoms with Gasteiger partial charge in [-0.2, -0.15) is 0 Å². The maximum absolute atomic E-state index is 12.0. The van der Waals surface area contributed by atoms with E-state index >= 15 is 0 Å². The number of hydrogen-bond acceptors (Lipinski definition) is 3. The third kappa shape index (κ3) is 2.88. The van der Waals surface area contributed by atoms with Crippen LogP contribution in [0, 0.1) is 0 Å². The van der Waals surface area contributed by atoms with E-state index in [-0.39, 0.29) is 12.6 Å². The topological polar surface area (TPSA) is 28.2 Å². The average Bonchev–Trinajstić information content (AvgIpc) is 2.76. The van der Waals surface area contributed by atoms with Gasteiger partial charge in [0.15, 0.2) is 0 Å². The maximum atomic E-state index is 12.0. The van der Waals surface area contributed by atoms with Gasteiger partial charge in [0.2, 0.25) is 0 Å². The molecule has 0 aromatic carbocycles. The molecule has 0 aliphatic carbocycles. The highest BCUT2D eigenvalue weighted by Gasteiger charge is 2.23. The number of aromatic nitrogens is 1. The van der Waals surface area contributed by atoms with Gasteiger partial charge in [-0.25, -0.2) is 13.8 Å². The lowest BCUT2D eigenvalue weighted by Crippen LogP contribution is -2.35. The van der Waals surface area contributed by atoms with Gasteiger partial charge in [0.25, 0.3) is 6.43 Å². The van der Waals surface area contributed by atoms with Crippen molar-refractivity contribution in [1.82, 2.24) is 10.3 Å². The summed E-state index contributed by atoms with van der Waals surface area (Å²) in [6.07, 6.45) is 0.363. The quantitative estimate of drug-likeness (QED) is 0.845. The lowest BCUT2D eigenvalue weighted by atomic mass is 10.3. The first-order valence-corrected chi connectivity index (χ1v) is 5.43. The van der Waals surface area contributed by atoms with Crippen molar-refractivity contribution in [2.45, 2.75) is 18.9 Å². The summed E-state index contributed by atoms with van der Waals surface area (Å²) < 4.78 is 24.0. The molecule has 0 amide bonds. The Kier molecular flexibility index (Phi) is 3.66. The van der Waals surface area contributed by atoms with Crippen LogP contribution in [-0.4, -0.2) is 37.1 Å².